The van der Waals surface area contributed by atoms with Crippen LogP contribution < -0.4 is 4.72 Å². The van der Waals surface area contributed by atoms with Crippen molar-refractivity contribution in [2.45, 2.75) is 10.9 Å². The van der Waals surface area contributed by atoms with E-state index in [4.69, 9.17) is 4.74 Å². The highest BCUT2D eigenvalue weighted by atomic mass is 32.2. The third-order valence-corrected chi connectivity index (χ3v) is 8.72. The maximum atomic E-state index is 13.2. The van der Waals surface area contributed by atoms with Gasteiger partial charge in [0.2, 0.25) is 10.0 Å². The van der Waals surface area contributed by atoms with Crippen LogP contribution in [0.2, 0.25) is 0 Å². The second-order valence-corrected chi connectivity index (χ2v) is 11.1. The third-order valence-electron chi connectivity index (χ3n) is 7.30. The Morgan fingerprint density at radius 2 is 1.91 bits per heavy atom. The van der Waals surface area contributed by atoms with Gasteiger partial charge < -0.3 is 14.3 Å². The molecule has 4 aromatic rings. The third kappa shape index (κ3) is 3.67. The smallest absolute Gasteiger partial charge is 0.240 e. The number of aryl methyl sites for hydroxylation is 1. The Hall–Kier alpha value is -2.65. The second-order valence-electron chi connectivity index (χ2n) is 9.32. The number of sulfonamides is 1. The number of rotatable bonds is 6. The molecule has 0 bridgehead atoms. The fourth-order valence-electron chi connectivity index (χ4n) is 5.52. The maximum Gasteiger partial charge on any atom is 0.240 e. The predicted molar refractivity (Wildman–Crippen MR) is 129 cm³/mol. The summed E-state index contributed by atoms with van der Waals surface area (Å²) >= 11 is 0. The number of hydrogen-bond donors (Lipinski definition) is 2. The Balaban J connectivity index is 1.33. The lowest BCUT2D eigenvalue weighted by molar-refractivity contribution is 0.139. The van der Waals surface area contributed by atoms with Crippen LogP contribution in [0.25, 0.3) is 21.8 Å². The summed E-state index contributed by atoms with van der Waals surface area (Å²) in [5.74, 6) is 1.05. The highest BCUT2D eigenvalue weighted by Gasteiger charge is 2.40. The summed E-state index contributed by atoms with van der Waals surface area (Å²) in [6.07, 6.45) is 3.97. The summed E-state index contributed by atoms with van der Waals surface area (Å²) in [7, 11) is -1.61. The molecule has 2 aromatic carbocycles. The summed E-state index contributed by atoms with van der Waals surface area (Å²) in [5.41, 5.74) is 3.13. The molecular formula is C25H28N4O3S. The Labute approximate surface area is 193 Å². The van der Waals surface area contributed by atoms with Crippen molar-refractivity contribution in [3.8, 4) is 0 Å². The van der Waals surface area contributed by atoms with E-state index < -0.39 is 10.0 Å². The van der Waals surface area contributed by atoms with E-state index in [-0.39, 0.29) is 10.9 Å². The first kappa shape index (κ1) is 20.9. The van der Waals surface area contributed by atoms with Crippen molar-refractivity contribution in [2.24, 2.45) is 18.9 Å². The van der Waals surface area contributed by atoms with Gasteiger partial charge in [0, 0.05) is 67.3 Å². The highest BCUT2D eigenvalue weighted by molar-refractivity contribution is 7.89. The van der Waals surface area contributed by atoms with Crippen molar-refractivity contribution in [3.63, 3.8) is 0 Å². The van der Waals surface area contributed by atoms with Crippen LogP contribution in [0.4, 0.5) is 0 Å². The molecule has 6 rings (SSSR count). The first-order chi connectivity index (χ1) is 16.0. The molecule has 2 aliphatic heterocycles. The molecule has 2 aromatic heterocycles. The summed E-state index contributed by atoms with van der Waals surface area (Å²) in [4.78, 5) is 5.82. The van der Waals surface area contributed by atoms with Gasteiger partial charge in [0.1, 0.15) is 0 Å². The van der Waals surface area contributed by atoms with Gasteiger partial charge in [-0.1, -0.05) is 24.3 Å². The second kappa shape index (κ2) is 7.99. The monoisotopic (exact) mass is 464 g/mol. The Kier molecular flexibility index (Phi) is 5.06. The molecule has 2 N–H and O–H groups in total. The molecule has 0 saturated carbocycles. The van der Waals surface area contributed by atoms with Gasteiger partial charge in [-0.15, -0.1) is 0 Å². The van der Waals surface area contributed by atoms with E-state index in [9.17, 15) is 8.42 Å². The average Bonchev–Trinajstić information content (AvgIpc) is 3.58. The quantitative estimate of drug-likeness (QED) is 0.459. The standard InChI is InChI=1S/C25H28N4O3S/c1-28-14-22(21-4-2-3-5-24(21)28)25(29-12-18-15-32-16-19(18)13-29)11-27-33(30,31)20-7-6-17-8-9-26-23(17)10-20/h2-10,14,18-19,25-27H,11-13,15-16H2,1H3/t18-,19+,25?. The number of benzene rings is 2. The molecule has 2 aliphatic rings. The largest absolute Gasteiger partial charge is 0.381 e. The first-order valence-corrected chi connectivity index (χ1v) is 12.9. The van der Waals surface area contributed by atoms with Crippen LogP contribution in [0, 0.1) is 11.8 Å². The van der Waals surface area contributed by atoms with Gasteiger partial charge in [-0.25, -0.2) is 13.1 Å². The summed E-state index contributed by atoms with van der Waals surface area (Å²) in [6, 6.07) is 15.4. The van der Waals surface area contributed by atoms with Gasteiger partial charge in [-0.05, 0) is 35.2 Å². The normalized spacial score (nSPS) is 22.3. The zero-order valence-corrected chi connectivity index (χ0v) is 19.4. The van der Waals surface area contributed by atoms with Gasteiger partial charge in [-0.2, -0.15) is 0 Å². The minimum Gasteiger partial charge on any atom is -0.381 e. The van der Waals surface area contributed by atoms with Crippen molar-refractivity contribution in [1.29, 1.82) is 0 Å². The molecule has 0 spiro atoms. The van der Waals surface area contributed by atoms with Crippen molar-refractivity contribution in [3.05, 3.63) is 66.5 Å². The molecule has 8 heteroatoms. The SMILES string of the molecule is Cn1cc(C(CNS(=O)(=O)c2ccc3cc[nH]c3c2)N2C[C@H]3COC[C@H]3C2)c2ccccc21. The Bertz CT molecular complexity index is 1410. The van der Waals surface area contributed by atoms with Crippen LogP contribution in [0.15, 0.2) is 65.8 Å². The number of fused-ring (bicyclic) bond motifs is 3. The number of ether oxygens (including phenoxy) is 1. The predicted octanol–water partition coefficient (Wildman–Crippen LogP) is 3.26. The molecule has 1 unspecified atom stereocenters. The zero-order chi connectivity index (χ0) is 22.6. The number of hydrogen-bond acceptors (Lipinski definition) is 4. The van der Waals surface area contributed by atoms with E-state index in [0.29, 0.717) is 18.4 Å². The van der Waals surface area contributed by atoms with Gasteiger partial charge in [0.25, 0.3) is 0 Å². The molecule has 172 valence electrons. The number of aromatic nitrogens is 2. The molecule has 4 heterocycles. The summed E-state index contributed by atoms with van der Waals surface area (Å²) < 4.78 is 37.2. The van der Waals surface area contributed by atoms with Crippen LogP contribution in [0.5, 0.6) is 0 Å². The molecule has 33 heavy (non-hydrogen) atoms. The molecular weight excluding hydrogens is 436 g/mol. The van der Waals surface area contributed by atoms with E-state index in [1.807, 2.05) is 37.5 Å². The van der Waals surface area contributed by atoms with Crippen LogP contribution in [0.1, 0.15) is 11.6 Å². The van der Waals surface area contributed by atoms with E-state index in [2.05, 4.69) is 37.5 Å². The Morgan fingerprint density at radius 1 is 1.12 bits per heavy atom. The van der Waals surface area contributed by atoms with Crippen LogP contribution in [-0.4, -0.2) is 55.7 Å². The topological polar surface area (TPSA) is 79.4 Å². The van der Waals surface area contributed by atoms with E-state index in [1.54, 1.807) is 12.1 Å². The molecule has 0 amide bonds. The molecule has 2 saturated heterocycles. The number of para-hydroxylation sites is 1. The maximum absolute atomic E-state index is 13.2. The fourth-order valence-corrected chi connectivity index (χ4v) is 6.58. The number of likely N-dealkylation sites (tertiary alicyclic amines) is 1. The summed E-state index contributed by atoms with van der Waals surface area (Å²) in [6.45, 7) is 3.76. The number of nitrogens with zero attached hydrogens (tertiary/aromatic N) is 2. The van der Waals surface area contributed by atoms with Crippen LogP contribution >= 0.6 is 0 Å². The zero-order valence-electron chi connectivity index (χ0n) is 18.6. The molecule has 0 radical (unpaired) electrons. The summed E-state index contributed by atoms with van der Waals surface area (Å²) in [5, 5.41) is 2.17. The van der Waals surface area contributed by atoms with Gasteiger partial charge >= 0.3 is 0 Å². The van der Waals surface area contributed by atoms with Crippen LogP contribution in [-0.2, 0) is 21.8 Å². The van der Waals surface area contributed by atoms with Gasteiger partial charge in [0.15, 0.2) is 0 Å². The molecule has 7 nitrogen and oxygen atoms in total. The van der Waals surface area contributed by atoms with E-state index in [1.165, 1.54) is 5.39 Å². The first-order valence-electron chi connectivity index (χ1n) is 11.4. The minimum absolute atomic E-state index is 0.0503. The lowest BCUT2D eigenvalue weighted by atomic mass is 10.0. The Morgan fingerprint density at radius 3 is 2.73 bits per heavy atom. The van der Waals surface area contributed by atoms with Crippen molar-refractivity contribution in [1.82, 2.24) is 19.2 Å². The van der Waals surface area contributed by atoms with Crippen molar-refractivity contribution >= 4 is 31.8 Å². The number of aromatic amines is 1. The van der Waals surface area contributed by atoms with E-state index >= 15 is 0 Å². The minimum atomic E-state index is -3.66. The highest BCUT2D eigenvalue weighted by Crippen LogP contribution is 2.37. The number of nitrogens with one attached hydrogen (secondary N) is 2. The van der Waals surface area contributed by atoms with Crippen molar-refractivity contribution in [2.75, 3.05) is 32.8 Å². The lowest BCUT2D eigenvalue weighted by Gasteiger charge is -2.29. The van der Waals surface area contributed by atoms with Gasteiger partial charge in [0.05, 0.1) is 24.2 Å². The molecule has 2 fully saturated rings. The molecule has 3 atom stereocenters. The van der Waals surface area contributed by atoms with Crippen molar-refractivity contribution < 1.29 is 13.2 Å². The van der Waals surface area contributed by atoms with Crippen LogP contribution in [0.3, 0.4) is 0 Å². The van der Waals surface area contributed by atoms with E-state index in [0.717, 1.165) is 48.3 Å². The van der Waals surface area contributed by atoms with Gasteiger partial charge in [-0.3, -0.25) is 4.90 Å². The molecule has 0 aliphatic carbocycles. The lowest BCUT2D eigenvalue weighted by Crippen LogP contribution is -2.37. The number of H-pyrrole nitrogens is 1. The fraction of sp³-hybridized carbons (Fsp3) is 0.360. The average molecular weight is 465 g/mol.